The first-order valence-corrected chi connectivity index (χ1v) is 5.75. The number of thiazole rings is 1. The molecule has 0 atom stereocenters. The van der Waals surface area contributed by atoms with Gasteiger partial charge in [-0.2, -0.15) is 5.10 Å². The summed E-state index contributed by atoms with van der Waals surface area (Å²) in [5.74, 6) is -0.340. The van der Waals surface area contributed by atoms with Crippen molar-refractivity contribution in [1.82, 2.24) is 14.8 Å². The van der Waals surface area contributed by atoms with Gasteiger partial charge in [-0.05, 0) is 6.92 Å². The summed E-state index contributed by atoms with van der Waals surface area (Å²) in [6.07, 6.45) is 4.92. The van der Waals surface area contributed by atoms with Gasteiger partial charge in [-0.25, -0.2) is 9.78 Å². The molecule has 2 aromatic heterocycles. The van der Waals surface area contributed by atoms with Crippen molar-refractivity contribution in [2.75, 3.05) is 6.61 Å². The van der Waals surface area contributed by atoms with E-state index in [4.69, 9.17) is 4.74 Å². The van der Waals surface area contributed by atoms with Crippen LogP contribution >= 0.6 is 11.3 Å². The van der Waals surface area contributed by atoms with E-state index in [0.29, 0.717) is 18.7 Å². The van der Waals surface area contributed by atoms with Gasteiger partial charge in [0.15, 0.2) is 0 Å². The Labute approximate surface area is 96.7 Å². The van der Waals surface area contributed by atoms with E-state index in [9.17, 15) is 4.79 Å². The normalized spacial score (nSPS) is 10.3. The number of nitrogens with zero attached hydrogens (tertiary/aromatic N) is 3. The highest BCUT2D eigenvalue weighted by Gasteiger charge is 2.09. The maximum Gasteiger partial charge on any atom is 0.341 e. The molecule has 5 nitrogen and oxygen atoms in total. The predicted molar refractivity (Wildman–Crippen MR) is 59.4 cm³/mol. The number of carbonyl (C=O) groups is 1. The summed E-state index contributed by atoms with van der Waals surface area (Å²) >= 11 is 1.56. The van der Waals surface area contributed by atoms with Crippen LogP contribution in [0.4, 0.5) is 0 Å². The van der Waals surface area contributed by atoms with Gasteiger partial charge in [0.25, 0.3) is 0 Å². The minimum atomic E-state index is -0.340. The smallest absolute Gasteiger partial charge is 0.341 e. The largest absolute Gasteiger partial charge is 0.462 e. The monoisotopic (exact) mass is 237 g/mol. The van der Waals surface area contributed by atoms with Gasteiger partial charge >= 0.3 is 5.97 Å². The fourth-order valence-electron chi connectivity index (χ4n) is 1.24. The fourth-order valence-corrected chi connectivity index (χ4v) is 1.85. The maximum absolute atomic E-state index is 11.4. The summed E-state index contributed by atoms with van der Waals surface area (Å²) in [6.45, 7) is 2.73. The topological polar surface area (TPSA) is 57.0 Å². The number of rotatable bonds is 4. The Bertz CT molecular complexity index is 464. The van der Waals surface area contributed by atoms with Gasteiger partial charge in [0.1, 0.15) is 5.01 Å². The second-order valence-electron chi connectivity index (χ2n) is 3.07. The van der Waals surface area contributed by atoms with E-state index in [2.05, 4.69) is 10.1 Å². The van der Waals surface area contributed by atoms with Crippen LogP contribution in [-0.4, -0.2) is 27.3 Å². The summed E-state index contributed by atoms with van der Waals surface area (Å²) in [6, 6.07) is 0. The van der Waals surface area contributed by atoms with E-state index in [0.717, 1.165) is 5.01 Å². The molecule has 0 saturated carbocycles. The molecule has 0 amide bonds. The number of hydrogen-bond donors (Lipinski definition) is 0. The summed E-state index contributed by atoms with van der Waals surface area (Å²) in [5, 5.41) is 6.94. The summed E-state index contributed by atoms with van der Waals surface area (Å²) < 4.78 is 6.54. The highest BCUT2D eigenvalue weighted by molar-refractivity contribution is 7.09. The first-order valence-electron chi connectivity index (χ1n) is 4.87. The van der Waals surface area contributed by atoms with E-state index < -0.39 is 0 Å². The van der Waals surface area contributed by atoms with Gasteiger partial charge in [-0.1, -0.05) is 0 Å². The fraction of sp³-hybridized carbons (Fsp3) is 0.300. The minimum absolute atomic E-state index is 0.340. The Morgan fingerprint density at radius 1 is 1.62 bits per heavy atom. The molecular weight excluding hydrogens is 226 g/mol. The molecule has 0 aliphatic carbocycles. The van der Waals surface area contributed by atoms with Crippen molar-refractivity contribution < 1.29 is 9.53 Å². The third kappa shape index (κ3) is 2.46. The quantitative estimate of drug-likeness (QED) is 0.757. The van der Waals surface area contributed by atoms with Gasteiger partial charge < -0.3 is 4.74 Å². The third-order valence-electron chi connectivity index (χ3n) is 1.93. The average molecular weight is 237 g/mol. The van der Waals surface area contributed by atoms with Crippen LogP contribution in [0.25, 0.3) is 0 Å². The zero-order chi connectivity index (χ0) is 11.4. The summed E-state index contributed by atoms with van der Waals surface area (Å²) in [5.41, 5.74) is 0.471. The highest BCUT2D eigenvalue weighted by Crippen LogP contribution is 2.07. The van der Waals surface area contributed by atoms with Crippen LogP contribution in [-0.2, 0) is 11.3 Å². The molecule has 6 heteroatoms. The molecule has 16 heavy (non-hydrogen) atoms. The first kappa shape index (κ1) is 10.8. The lowest BCUT2D eigenvalue weighted by Gasteiger charge is -1.97. The molecule has 0 bridgehead atoms. The molecule has 0 saturated heterocycles. The molecule has 0 aliphatic heterocycles. The number of hydrogen-bond acceptors (Lipinski definition) is 5. The van der Waals surface area contributed by atoms with Crippen molar-refractivity contribution >= 4 is 17.3 Å². The molecule has 0 N–H and O–H groups in total. The Morgan fingerprint density at radius 3 is 3.19 bits per heavy atom. The third-order valence-corrected chi connectivity index (χ3v) is 2.69. The zero-order valence-electron chi connectivity index (χ0n) is 8.79. The molecule has 2 rings (SSSR count). The molecule has 0 radical (unpaired) electrons. The standard InChI is InChI=1S/C10H11N3O2S/c1-2-15-10(14)8-5-12-13(6-8)7-9-11-3-4-16-9/h3-6H,2,7H2,1H3. The molecular formula is C10H11N3O2S. The Kier molecular flexibility index (Phi) is 3.31. The molecule has 0 spiro atoms. The number of aromatic nitrogens is 3. The molecule has 0 unspecified atom stereocenters. The SMILES string of the molecule is CCOC(=O)c1cnn(Cc2nccs2)c1. The van der Waals surface area contributed by atoms with E-state index >= 15 is 0 Å². The van der Waals surface area contributed by atoms with Crippen molar-refractivity contribution in [3.63, 3.8) is 0 Å². The molecule has 2 aromatic rings. The second-order valence-corrected chi connectivity index (χ2v) is 4.05. The number of ether oxygens (including phenoxy) is 1. The van der Waals surface area contributed by atoms with Gasteiger partial charge in [-0.3, -0.25) is 4.68 Å². The summed E-state index contributed by atoms with van der Waals surface area (Å²) in [4.78, 5) is 15.5. The number of esters is 1. The van der Waals surface area contributed by atoms with Crippen LogP contribution in [0.3, 0.4) is 0 Å². The number of carbonyl (C=O) groups excluding carboxylic acids is 1. The van der Waals surface area contributed by atoms with Crippen LogP contribution in [0.5, 0.6) is 0 Å². The maximum atomic E-state index is 11.4. The summed E-state index contributed by atoms with van der Waals surface area (Å²) in [7, 11) is 0. The van der Waals surface area contributed by atoms with Crippen molar-refractivity contribution in [3.8, 4) is 0 Å². The second kappa shape index (κ2) is 4.89. The van der Waals surface area contributed by atoms with Crippen molar-refractivity contribution in [2.45, 2.75) is 13.5 Å². The van der Waals surface area contributed by atoms with Crippen LogP contribution in [0, 0.1) is 0 Å². The average Bonchev–Trinajstić information content (AvgIpc) is 2.90. The van der Waals surface area contributed by atoms with Gasteiger partial charge in [0.2, 0.25) is 0 Å². The minimum Gasteiger partial charge on any atom is -0.462 e. The Balaban J connectivity index is 2.05. The van der Waals surface area contributed by atoms with Crippen molar-refractivity contribution in [1.29, 1.82) is 0 Å². The van der Waals surface area contributed by atoms with Gasteiger partial charge in [-0.15, -0.1) is 11.3 Å². The van der Waals surface area contributed by atoms with Gasteiger partial charge in [0, 0.05) is 17.8 Å². The van der Waals surface area contributed by atoms with Crippen molar-refractivity contribution in [2.24, 2.45) is 0 Å². The van der Waals surface area contributed by atoms with E-state index in [1.807, 2.05) is 5.38 Å². The Morgan fingerprint density at radius 2 is 2.50 bits per heavy atom. The molecule has 84 valence electrons. The van der Waals surface area contributed by atoms with Crippen LogP contribution in [0.15, 0.2) is 24.0 Å². The lowest BCUT2D eigenvalue weighted by Crippen LogP contribution is -2.03. The molecule has 0 aromatic carbocycles. The first-order chi connectivity index (χ1) is 7.79. The highest BCUT2D eigenvalue weighted by atomic mass is 32.1. The van der Waals surface area contributed by atoms with Crippen LogP contribution in [0.2, 0.25) is 0 Å². The molecule has 2 heterocycles. The van der Waals surface area contributed by atoms with Crippen LogP contribution < -0.4 is 0 Å². The zero-order valence-corrected chi connectivity index (χ0v) is 9.61. The predicted octanol–water partition coefficient (Wildman–Crippen LogP) is 1.56. The van der Waals surface area contributed by atoms with Crippen molar-refractivity contribution in [3.05, 3.63) is 34.5 Å². The molecule has 0 aliphatic rings. The molecule has 0 fully saturated rings. The lowest BCUT2D eigenvalue weighted by atomic mass is 10.4. The van der Waals surface area contributed by atoms with E-state index in [1.54, 1.807) is 35.3 Å². The van der Waals surface area contributed by atoms with Gasteiger partial charge in [0.05, 0.1) is 24.9 Å². The van der Waals surface area contributed by atoms with E-state index in [-0.39, 0.29) is 5.97 Å². The Hall–Kier alpha value is -1.69. The van der Waals surface area contributed by atoms with E-state index in [1.165, 1.54) is 6.20 Å². The lowest BCUT2D eigenvalue weighted by molar-refractivity contribution is 0.0526. The van der Waals surface area contributed by atoms with Crippen LogP contribution in [0.1, 0.15) is 22.3 Å².